The standard InChI is InChI=1S/C13H25N3O4S/c1-3-20-13(17)12-4-7-15(8-5-12)21(18,19)16-9-6-14-10-11(16)2/h11-12,14H,3-10H2,1-2H3/t11-/m0/s1. The van der Waals surface area contributed by atoms with E-state index in [2.05, 4.69) is 5.32 Å². The van der Waals surface area contributed by atoms with Crippen LogP contribution in [0.15, 0.2) is 0 Å². The third kappa shape index (κ3) is 3.74. The van der Waals surface area contributed by atoms with E-state index in [0.717, 1.165) is 0 Å². The Hall–Kier alpha value is -0.700. The Balaban J connectivity index is 1.96. The van der Waals surface area contributed by atoms with Gasteiger partial charge in [-0.3, -0.25) is 4.79 Å². The molecule has 7 nitrogen and oxygen atoms in total. The molecule has 0 aromatic carbocycles. The SMILES string of the molecule is CCOC(=O)C1CCN(S(=O)(=O)N2CCNC[C@@H]2C)CC1. The highest BCUT2D eigenvalue weighted by molar-refractivity contribution is 7.86. The lowest BCUT2D eigenvalue weighted by molar-refractivity contribution is -0.149. The van der Waals surface area contributed by atoms with E-state index in [1.807, 2.05) is 6.92 Å². The summed E-state index contributed by atoms with van der Waals surface area (Å²) in [7, 11) is -3.42. The predicted molar refractivity (Wildman–Crippen MR) is 78.9 cm³/mol. The zero-order valence-electron chi connectivity index (χ0n) is 12.7. The molecule has 0 saturated carbocycles. The van der Waals surface area contributed by atoms with Crippen LogP contribution in [0.3, 0.4) is 0 Å². The second-order valence-electron chi connectivity index (χ2n) is 5.60. The fourth-order valence-electron chi connectivity index (χ4n) is 2.90. The Kier molecular flexibility index (Phi) is 5.59. The van der Waals surface area contributed by atoms with Gasteiger partial charge in [-0.1, -0.05) is 0 Å². The Bertz CT molecular complexity index is 460. The minimum Gasteiger partial charge on any atom is -0.466 e. The highest BCUT2D eigenvalue weighted by atomic mass is 32.2. The highest BCUT2D eigenvalue weighted by Gasteiger charge is 2.37. The van der Waals surface area contributed by atoms with Crippen LogP contribution in [-0.2, 0) is 19.7 Å². The van der Waals surface area contributed by atoms with Crippen molar-refractivity contribution < 1.29 is 17.9 Å². The molecule has 2 aliphatic heterocycles. The van der Waals surface area contributed by atoms with Crippen LogP contribution in [0.4, 0.5) is 0 Å². The van der Waals surface area contributed by atoms with Gasteiger partial charge in [0.1, 0.15) is 0 Å². The smallest absolute Gasteiger partial charge is 0.309 e. The number of carbonyl (C=O) groups is 1. The minimum atomic E-state index is -3.42. The molecule has 2 heterocycles. The van der Waals surface area contributed by atoms with E-state index in [-0.39, 0.29) is 17.9 Å². The maximum Gasteiger partial charge on any atom is 0.309 e. The molecule has 0 radical (unpaired) electrons. The second-order valence-corrected chi connectivity index (χ2v) is 7.48. The number of nitrogens with zero attached hydrogens (tertiary/aromatic N) is 2. The molecule has 0 aliphatic carbocycles. The molecular formula is C13H25N3O4S. The molecule has 0 amide bonds. The molecule has 0 unspecified atom stereocenters. The highest BCUT2D eigenvalue weighted by Crippen LogP contribution is 2.23. The first-order valence-corrected chi connectivity index (χ1v) is 9.00. The third-order valence-electron chi connectivity index (χ3n) is 4.14. The summed E-state index contributed by atoms with van der Waals surface area (Å²) in [5, 5.41) is 3.19. The monoisotopic (exact) mass is 319 g/mol. The van der Waals surface area contributed by atoms with E-state index in [9.17, 15) is 13.2 Å². The first kappa shape index (κ1) is 16.7. The summed E-state index contributed by atoms with van der Waals surface area (Å²) in [6.07, 6.45) is 1.08. The lowest BCUT2D eigenvalue weighted by Crippen LogP contribution is -2.57. The van der Waals surface area contributed by atoms with E-state index in [1.54, 1.807) is 11.2 Å². The van der Waals surface area contributed by atoms with Crippen LogP contribution >= 0.6 is 0 Å². The van der Waals surface area contributed by atoms with Crippen molar-refractivity contribution in [3.63, 3.8) is 0 Å². The van der Waals surface area contributed by atoms with Crippen molar-refractivity contribution in [1.82, 2.24) is 13.9 Å². The zero-order chi connectivity index (χ0) is 15.5. The van der Waals surface area contributed by atoms with Crippen molar-refractivity contribution in [1.29, 1.82) is 0 Å². The zero-order valence-corrected chi connectivity index (χ0v) is 13.6. The third-order valence-corrected chi connectivity index (χ3v) is 6.29. The number of piperidine rings is 1. The van der Waals surface area contributed by atoms with Crippen molar-refractivity contribution in [3.05, 3.63) is 0 Å². The molecule has 21 heavy (non-hydrogen) atoms. The van der Waals surface area contributed by atoms with Crippen LogP contribution in [0.2, 0.25) is 0 Å². The summed E-state index contributed by atoms with van der Waals surface area (Å²) in [6.45, 7) is 6.71. The quantitative estimate of drug-likeness (QED) is 0.726. The summed E-state index contributed by atoms with van der Waals surface area (Å²) in [6, 6.07) is -0.0356. The molecule has 2 aliphatic rings. The Morgan fingerprint density at radius 1 is 1.29 bits per heavy atom. The van der Waals surface area contributed by atoms with Crippen molar-refractivity contribution in [2.24, 2.45) is 5.92 Å². The summed E-state index contributed by atoms with van der Waals surface area (Å²) in [5.74, 6) is -0.373. The Morgan fingerprint density at radius 3 is 2.52 bits per heavy atom. The number of ether oxygens (including phenoxy) is 1. The molecule has 1 N–H and O–H groups in total. The maximum atomic E-state index is 12.7. The fourth-order valence-corrected chi connectivity index (χ4v) is 4.72. The molecule has 1 atom stereocenters. The number of rotatable bonds is 4. The molecule has 0 aromatic rings. The van der Waals surface area contributed by atoms with Crippen molar-refractivity contribution in [2.75, 3.05) is 39.3 Å². The number of piperazine rings is 1. The largest absolute Gasteiger partial charge is 0.466 e. The molecule has 2 rings (SSSR count). The maximum absolute atomic E-state index is 12.7. The van der Waals surface area contributed by atoms with E-state index < -0.39 is 10.2 Å². The summed E-state index contributed by atoms with van der Waals surface area (Å²) in [4.78, 5) is 11.7. The molecule has 2 saturated heterocycles. The van der Waals surface area contributed by atoms with E-state index in [0.29, 0.717) is 52.2 Å². The lowest BCUT2D eigenvalue weighted by Gasteiger charge is -2.38. The fraction of sp³-hybridized carbons (Fsp3) is 0.923. The van der Waals surface area contributed by atoms with Crippen molar-refractivity contribution >= 4 is 16.2 Å². The number of carbonyl (C=O) groups excluding carboxylic acids is 1. The first-order chi connectivity index (χ1) is 9.96. The number of hydrogen-bond donors (Lipinski definition) is 1. The average Bonchev–Trinajstić information content (AvgIpc) is 2.48. The molecule has 0 bridgehead atoms. The van der Waals surface area contributed by atoms with Crippen LogP contribution in [-0.4, -0.2) is 68.4 Å². The van der Waals surface area contributed by atoms with Gasteiger partial charge in [0.15, 0.2) is 0 Å². The first-order valence-electron chi connectivity index (χ1n) is 7.61. The van der Waals surface area contributed by atoms with Gasteiger partial charge in [-0.2, -0.15) is 17.0 Å². The molecule has 0 aromatic heterocycles. The van der Waals surface area contributed by atoms with Crippen LogP contribution < -0.4 is 5.32 Å². The molecule has 122 valence electrons. The number of nitrogens with one attached hydrogen (secondary N) is 1. The molecule has 0 spiro atoms. The normalized spacial score (nSPS) is 26.7. The van der Waals surface area contributed by atoms with Gasteiger partial charge in [-0.15, -0.1) is 0 Å². The van der Waals surface area contributed by atoms with Crippen molar-refractivity contribution in [2.45, 2.75) is 32.7 Å². The summed E-state index contributed by atoms with van der Waals surface area (Å²) in [5.41, 5.74) is 0. The van der Waals surface area contributed by atoms with Crippen LogP contribution in [0.5, 0.6) is 0 Å². The van der Waals surface area contributed by atoms with Gasteiger partial charge in [0, 0.05) is 38.8 Å². The lowest BCUT2D eigenvalue weighted by atomic mass is 9.98. The van der Waals surface area contributed by atoms with E-state index in [1.165, 1.54) is 4.31 Å². The second kappa shape index (κ2) is 7.04. The van der Waals surface area contributed by atoms with Gasteiger partial charge in [0.05, 0.1) is 12.5 Å². The number of hydrogen-bond acceptors (Lipinski definition) is 5. The predicted octanol–water partition coefficient (Wildman–Crippen LogP) is -0.200. The van der Waals surface area contributed by atoms with Crippen LogP contribution in [0, 0.1) is 5.92 Å². The van der Waals surface area contributed by atoms with Crippen LogP contribution in [0.25, 0.3) is 0 Å². The van der Waals surface area contributed by atoms with Gasteiger partial charge < -0.3 is 10.1 Å². The molecular weight excluding hydrogens is 294 g/mol. The van der Waals surface area contributed by atoms with E-state index >= 15 is 0 Å². The molecule has 2 fully saturated rings. The molecule has 8 heteroatoms. The summed E-state index contributed by atoms with van der Waals surface area (Å²) >= 11 is 0. The van der Waals surface area contributed by atoms with Gasteiger partial charge in [-0.25, -0.2) is 0 Å². The van der Waals surface area contributed by atoms with Gasteiger partial charge in [0.25, 0.3) is 10.2 Å². The minimum absolute atomic E-state index is 0.0356. The topological polar surface area (TPSA) is 79.0 Å². The van der Waals surface area contributed by atoms with Crippen LogP contribution in [0.1, 0.15) is 26.7 Å². The number of esters is 1. The van der Waals surface area contributed by atoms with Gasteiger partial charge >= 0.3 is 5.97 Å². The van der Waals surface area contributed by atoms with Gasteiger partial charge in [-0.05, 0) is 26.7 Å². The van der Waals surface area contributed by atoms with Crippen molar-refractivity contribution in [3.8, 4) is 0 Å². The van der Waals surface area contributed by atoms with E-state index in [4.69, 9.17) is 4.74 Å². The Morgan fingerprint density at radius 2 is 1.95 bits per heavy atom. The average molecular weight is 319 g/mol. The summed E-state index contributed by atoms with van der Waals surface area (Å²) < 4.78 is 33.4. The Labute approximate surface area is 126 Å². The van der Waals surface area contributed by atoms with Gasteiger partial charge in [0.2, 0.25) is 0 Å².